The Hall–Kier alpha value is -1.74. The molecule has 1 aliphatic carbocycles. The van der Waals surface area contributed by atoms with E-state index in [1.807, 2.05) is 12.1 Å². The van der Waals surface area contributed by atoms with Gasteiger partial charge in [0.05, 0.1) is 0 Å². The molecule has 3 heteroatoms. The molecule has 110 valence electrons. The Labute approximate surface area is 124 Å². The van der Waals surface area contributed by atoms with Crippen LogP contribution in [0.1, 0.15) is 42.0 Å². The van der Waals surface area contributed by atoms with E-state index in [-0.39, 0.29) is 23.6 Å². The van der Waals surface area contributed by atoms with E-state index in [2.05, 4.69) is 24.4 Å². The van der Waals surface area contributed by atoms with Gasteiger partial charge in [-0.1, -0.05) is 31.2 Å². The first-order valence-electron chi connectivity index (χ1n) is 7.47. The second-order valence-electron chi connectivity index (χ2n) is 5.61. The topological polar surface area (TPSA) is 12.0 Å². The van der Waals surface area contributed by atoms with Crippen LogP contribution in [0.2, 0.25) is 0 Å². The molecule has 2 unspecified atom stereocenters. The summed E-state index contributed by atoms with van der Waals surface area (Å²) in [5.41, 5.74) is 2.99. The van der Waals surface area contributed by atoms with Gasteiger partial charge in [-0.05, 0) is 48.7 Å². The molecule has 2 atom stereocenters. The first-order valence-corrected chi connectivity index (χ1v) is 7.47. The average Bonchev–Trinajstić information content (AvgIpc) is 2.46. The predicted molar refractivity (Wildman–Crippen MR) is 80.3 cm³/mol. The number of fused-ring (bicyclic) bond motifs is 1. The smallest absolute Gasteiger partial charge is 0.128 e. The maximum atomic E-state index is 14.1. The Bertz CT molecular complexity index is 639. The fourth-order valence-corrected chi connectivity index (χ4v) is 3.12. The number of hydrogen-bond acceptors (Lipinski definition) is 1. The lowest BCUT2D eigenvalue weighted by Crippen LogP contribution is -2.34. The zero-order chi connectivity index (χ0) is 14.8. The maximum absolute atomic E-state index is 14.1. The third-order valence-electron chi connectivity index (χ3n) is 4.20. The van der Waals surface area contributed by atoms with E-state index < -0.39 is 0 Å². The Morgan fingerprint density at radius 3 is 2.76 bits per heavy atom. The Morgan fingerprint density at radius 1 is 1.19 bits per heavy atom. The van der Waals surface area contributed by atoms with Gasteiger partial charge in [-0.3, -0.25) is 0 Å². The summed E-state index contributed by atoms with van der Waals surface area (Å²) in [5, 5.41) is 3.39. The van der Waals surface area contributed by atoms with Crippen LogP contribution in [0.4, 0.5) is 8.78 Å². The molecule has 0 fully saturated rings. The lowest BCUT2D eigenvalue weighted by atomic mass is 9.71. The first-order chi connectivity index (χ1) is 10.2. The van der Waals surface area contributed by atoms with E-state index in [0.717, 1.165) is 19.4 Å². The largest absolute Gasteiger partial charge is 0.309 e. The van der Waals surface area contributed by atoms with E-state index in [4.69, 9.17) is 0 Å². The lowest BCUT2D eigenvalue weighted by molar-refractivity contribution is 0.396. The number of hydrogen-bond donors (Lipinski definition) is 1. The molecular formula is C18H19F2N. The standard InChI is InChI=1S/C18H19F2N/c1-2-9-21-18(16-11-13(19)7-8-17(16)20)15-10-12-5-3-4-6-14(12)15/h3-8,11,15,18,21H,2,9-10H2,1H3. The first kappa shape index (κ1) is 14.2. The monoisotopic (exact) mass is 287 g/mol. The van der Waals surface area contributed by atoms with E-state index in [1.54, 1.807) is 0 Å². The summed E-state index contributed by atoms with van der Waals surface area (Å²) in [5.74, 6) is -0.513. The van der Waals surface area contributed by atoms with Crippen molar-refractivity contribution in [3.05, 3.63) is 70.8 Å². The maximum Gasteiger partial charge on any atom is 0.128 e. The molecule has 0 saturated carbocycles. The minimum absolute atomic E-state index is 0.171. The van der Waals surface area contributed by atoms with Crippen molar-refractivity contribution in [3.8, 4) is 0 Å². The van der Waals surface area contributed by atoms with Crippen LogP contribution in [-0.4, -0.2) is 6.54 Å². The van der Waals surface area contributed by atoms with Gasteiger partial charge in [0.1, 0.15) is 11.6 Å². The second-order valence-corrected chi connectivity index (χ2v) is 5.61. The van der Waals surface area contributed by atoms with Crippen molar-refractivity contribution in [3.63, 3.8) is 0 Å². The van der Waals surface area contributed by atoms with Crippen LogP contribution in [-0.2, 0) is 6.42 Å². The van der Waals surface area contributed by atoms with Crippen LogP contribution in [0.5, 0.6) is 0 Å². The third-order valence-corrected chi connectivity index (χ3v) is 4.20. The number of rotatable bonds is 5. The molecular weight excluding hydrogens is 268 g/mol. The van der Waals surface area contributed by atoms with Gasteiger partial charge in [-0.2, -0.15) is 0 Å². The van der Waals surface area contributed by atoms with Crippen molar-refractivity contribution in [2.45, 2.75) is 31.7 Å². The van der Waals surface area contributed by atoms with Crippen molar-refractivity contribution in [2.24, 2.45) is 0 Å². The predicted octanol–water partition coefficient (Wildman–Crippen LogP) is 4.35. The summed E-state index contributed by atoms with van der Waals surface area (Å²) >= 11 is 0. The second kappa shape index (κ2) is 5.94. The summed E-state index contributed by atoms with van der Waals surface area (Å²) in [4.78, 5) is 0. The molecule has 3 rings (SSSR count). The molecule has 1 nitrogen and oxygen atoms in total. The van der Waals surface area contributed by atoms with Gasteiger partial charge in [-0.25, -0.2) is 8.78 Å². The van der Waals surface area contributed by atoms with Crippen LogP contribution in [0.3, 0.4) is 0 Å². The highest BCUT2D eigenvalue weighted by molar-refractivity contribution is 5.43. The highest BCUT2D eigenvalue weighted by Crippen LogP contribution is 2.44. The Morgan fingerprint density at radius 2 is 2.00 bits per heavy atom. The van der Waals surface area contributed by atoms with Crippen molar-refractivity contribution in [2.75, 3.05) is 6.54 Å². The summed E-state index contributed by atoms with van der Waals surface area (Å²) < 4.78 is 27.7. The van der Waals surface area contributed by atoms with Crippen molar-refractivity contribution in [1.29, 1.82) is 0 Å². The highest BCUT2D eigenvalue weighted by Gasteiger charge is 2.34. The third kappa shape index (κ3) is 2.70. The van der Waals surface area contributed by atoms with Gasteiger partial charge in [0.25, 0.3) is 0 Å². The van der Waals surface area contributed by atoms with Crippen LogP contribution < -0.4 is 5.32 Å². The number of halogens is 2. The molecule has 21 heavy (non-hydrogen) atoms. The molecule has 0 aliphatic heterocycles. The van der Waals surface area contributed by atoms with Crippen molar-refractivity contribution in [1.82, 2.24) is 5.32 Å². The van der Waals surface area contributed by atoms with Crippen LogP contribution in [0, 0.1) is 11.6 Å². The molecule has 0 heterocycles. The summed E-state index contributed by atoms with van der Waals surface area (Å²) in [6.45, 7) is 2.86. The van der Waals surface area contributed by atoms with Crippen LogP contribution in [0.25, 0.3) is 0 Å². The number of nitrogens with one attached hydrogen (secondary N) is 1. The molecule has 2 aromatic carbocycles. The van der Waals surface area contributed by atoms with Gasteiger partial charge < -0.3 is 5.32 Å². The molecule has 0 bridgehead atoms. The van der Waals surface area contributed by atoms with E-state index in [0.29, 0.717) is 5.56 Å². The van der Waals surface area contributed by atoms with Gasteiger partial charge in [-0.15, -0.1) is 0 Å². The number of benzene rings is 2. The Kier molecular flexibility index (Phi) is 4.02. The normalized spacial score (nSPS) is 18.0. The quantitative estimate of drug-likeness (QED) is 0.862. The van der Waals surface area contributed by atoms with E-state index in [1.165, 1.54) is 29.3 Å². The minimum atomic E-state index is -0.387. The molecule has 0 spiro atoms. The average molecular weight is 287 g/mol. The molecule has 1 aliphatic rings. The van der Waals surface area contributed by atoms with Crippen LogP contribution in [0.15, 0.2) is 42.5 Å². The van der Waals surface area contributed by atoms with Crippen molar-refractivity contribution < 1.29 is 8.78 Å². The van der Waals surface area contributed by atoms with Gasteiger partial charge in [0, 0.05) is 17.5 Å². The lowest BCUT2D eigenvalue weighted by Gasteiger charge is -2.37. The molecule has 0 aromatic heterocycles. The fourth-order valence-electron chi connectivity index (χ4n) is 3.12. The SMILES string of the molecule is CCCNC(c1cc(F)ccc1F)C1Cc2ccccc21. The molecule has 0 amide bonds. The fraction of sp³-hybridized carbons (Fsp3) is 0.333. The van der Waals surface area contributed by atoms with E-state index >= 15 is 0 Å². The molecule has 0 saturated heterocycles. The highest BCUT2D eigenvalue weighted by atomic mass is 19.1. The van der Waals surface area contributed by atoms with E-state index in [9.17, 15) is 8.78 Å². The molecule has 2 aromatic rings. The van der Waals surface area contributed by atoms with Crippen LogP contribution >= 0.6 is 0 Å². The Balaban J connectivity index is 1.94. The zero-order valence-electron chi connectivity index (χ0n) is 12.1. The summed E-state index contributed by atoms with van der Waals surface area (Å²) in [6.07, 6.45) is 1.87. The summed E-state index contributed by atoms with van der Waals surface area (Å²) in [6, 6.07) is 11.8. The van der Waals surface area contributed by atoms with Gasteiger partial charge in [0.15, 0.2) is 0 Å². The molecule has 0 radical (unpaired) electrons. The zero-order valence-corrected chi connectivity index (χ0v) is 12.1. The van der Waals surface area contributed by atoms with Gasteiger partial charge >= 0.3 is 0 Å². The summed E-state index contributed by atoms with van der Waals surface area (Å²) in [7, 11) is 0. The van der Waals surface area contributed by atoms with Gasteiger partial charge in [0.2, 0.25) is 0 Å². The minimum Gasteiger partial charge on any atom is -0.309 e. The molecule has 1 N–H and O–H groups in total. The van der Waals surface area contributed by atoms with Crippen molar-refractivity contribution >= 4 is 0 Å².